The Kier molecular flexibility index (Phi) is 16.1. The number of rotatable bonds is 15. The van der Waals surface area contributed by atoms with E-state index in [0.717, 1.165) is 44.9 Å². The quantitative estimate of drug-likeness (QED) is 0.103. The second-order valence-electron chi connectivity index (χ2n) is 5.81. The van der Waals surface area contributed by atoms with Crippen LogP contribution in [0.5, 0.6) is 0 Å². The molecule has 0 saturated heterocycles. The first-order chi connectivity index (χ1) is 11.2. The fourth-order valence-electron chi connectivity index (χ4n) is 2.31. The SMILES string of the molecule is CCCCC/C(=C\C/C=C\CCCCCCCC(=O)OC)OO. The molecule has 0 rings (SSSR count). The molecule has 0 amide bonds. The van der Waals surface area contributed by atoms with Crippen molar-refractivity contribution in [3.63, 3.8) is 0 Å². The fourth-order valence-corrected chi connectivity index (χ4v) is 2.31. The lowest BCUT2D eigenvalue weighted by Gasteiger charge is -2.02. The summed E-state index contributed by atoms with van der Waals surface area (Å²) in [7, 11) is 1.44. The number of carbonyl (C=O) groups excluding carboxylic acids is 1. The standard InChI is InChI=1S/C19H34O4/c1-3-4-12-15-18(23-21)16-13-10-8-6-5-7-9-11-14-17-19(20)22-2/h8,10,16,21H,3-7,9,11-15,17H2,1-2H3/b10-8-,18-16+. The van der Waals surface area contributed by atoms with Crippen molar-refractivity contribution in [1.82, 2.24) is 0 Å². The molecule has 134 valence electrons. The lowest BCUT2D eigenvalue weighted by atomic mass is 10.1. The van der Waals surface area contributed by atoms with Crippen LogP contribution < -0.4 is 0 Å². The lowest BCUT2D eigenvalue weighted by molar-refractivity contribution is -0.206. The molecular weight excluding hydrogens is 292 g/mol. The predicted molar refractivity (Wildman–Crippen MR) is 94.0 cm³/mol. The van der Waals surface area contributed by atoms with Gasteiger partial charge in [0.1, 0.15) is 5.76 Å². The van der Waals surface area contributed by atoms with Crippen molar-refractivity contribution < 1.29 is 19.7 Å². The van der Waals surface area contributed by atoms with Crippen molar-refractivity contribution in [2.24, 2.45) is 0 Å². The number of unbranched alkanes of at least 4 members (excludes halogenated alkanes) is 7. The van der Waals surface area contributed by atoms with Crippen LogP contribution in [0.25, 0.3) is 0 Å². The van der Waals surface area contributed by atoms with Crippen molar-refractivity contribution in [3.8, 4) is 0 Å². The molecule has 0 unspecified atom stereocenters. The van der Waals surface area contributed by atoms with E-state index in [1.54, 1.807) is 0 Å². The van der Waals surface area contributed by atoms with Crippen LogP contribution in [-0.2, 0) is 14.4 Å². The van der Waals surface area contributed by atoms with Crippen molar-refractivity contribution in [1.29, 1.82) is 0 Å². The first-order valence-corrected chi connectivity index (χ1v) is 8.96. The van der Waals surface area contributed by atoms with Crippen molar-refractivity contribution >= 4 is 5.97 Å². The van der Waals surface area contributed by atoms with Crippen LogP contribution in [0.4, 0.5) is 0 Å². The maximum Gasteiger partial charge on any atom is 0.305 e. The molecule has 0 aliphatic rings. The van der Waals surface area contributed by atoms with E-state index in [1.807, 2.05) is 6.08 Å². The maximum atomic E-state index is 10.9. The zero-order valence-corrected chi connectivity index (χ0v) is 14.9. The summed E-state index contributed by atoms with van der Waals surface area (Å²) in [6.45, 7) is 2.16. The summed E-state index contributed by atoms with van der Waals surface area (Å²) >= 11 is 0. The van der Waals surface area contributed by atoms with Gasteiger partial charge in [-0.3, -0.25) is 4.79 Å². The average molecular weight is 326 g/mol. The average Bonchev–Trinajstić information content (AvgIpc) is 2.57. The smallest absolute Gasteiger partial charge is 0.305 e. The molecule has 0 aromatic heterocycles. The Morgan fingerprint density at radius 1 is 0.957 bits per heavy atom. The van der Waals surface area contributed by atoms with Crippen LogP contribution in [0.1, 0.15) is 84.0 Å². The molecule has 0 atom stereocenters. The minimum absolute atomic E-state index is 0.109. The fraction of sp³-hybridized carbons (Fsp3) is 0.737. The molecule has 1 N–H and O–H groups in total. The van der Waals surface area contributed by atoms with Gasteiger partial charge >= 0.3 is 5.97 Å². The van der Waals surface area contributed by atoms with Crippen LogP contribution in [0.15, 0.2) is 24.0 Å². The molecule has 4 heteroatoms. The van der Waals surface area contributed by atoms with E-state index in [1.165, 1.54) is 32.8 Å². The monoisotopic (exact) mass is 326 g/mol. The predicted octanol–water partition coefficient (Wildman–Crippen LogP) is 5.79. The zero-order valence-electron chi connectivity index (χ0n) is 14.9. The van der Waals surface area contributed by atoms with E-state index < -0.39 is 0 Å². The topological polar surface area (TPSA) is 55.8 Å². The number of carbonyl (C=O) groups is 1. The molecule has 23 heavy (non-hydrogen) atoms. The Labute approximate surface area is 141 Å². The van der Waals surface area contributed by atoms with Crippen LogP contribution in [0, 0.1) is 0 Å². The molecule has 0 aromatic rings. The Hall–Kier alpha value is -1.29. The van der Waals surface area contributed by atoms with Gasteiger partial charge in [0.2, 0.25) is 0 Å². The van der Waals surface area contributed by atoms with Gasteiger partial charge in [0.05, 0.1) is 7.11 Å². The highest BCUT2D eigenvalue weighted by molar-refractivity contribution is 5.68. The summed E-state index contributed by atoms with van der Waals surface area (Å²) in [5.74, 6) is 0.565. The number of esters is 1. The molecule has 0 aliphatic heterocycles. The van der Waals surface area contributed by atoms with Crippen molar-refractivity contribution in [2.75, 3.05) is 7.11 Å². The third kappa shape index (κ3) is 15.4. The van der Waals surface area contributed by atoms with E-state index in [9.17, 15) is 4.79 Å². The molecule has 0 spiro atoms. The number of hydrogen-bond donors (Lipinski definition) is 1. The Bertz CT molecular complexity index is 334. The largest absolute Gasteiger partial charge is 0.469 e. The van der Waals surface area contributed by atoms with Gasteiger partial charge < -0.3 is 9.62 Å². The minimum Gasteiger partial charge on any atom is -0.469 e. The summed E-state index contributed by atoms with van der Waals surface area (Å²) in [4.78, 5) is 15.3. The van der Waals surface area contributed by atoms with Gasteiger partial charge in [-0.25, -0.2) is 5.26 Å². The second-order valence-corrected chi connectivity index (χ2v) is 5.81. The van der Waals surface area contributed by atoms with Crippen LogP contribution >= 0.6 is 0 Å². The number of allylic oxidation sites excluding steroid dienone is 4. The summed E-state index contributed by atoms with van der Waals surface area (Å²) in [6, 6.07) is 0. The van der Waals surface area contributed by atoms with E-state index in [2.05, 4.69) is 28.7 Å². The highest BCUT2D eigenvalue weighted by Gasteiger charge is 1.99. The van der Waals surface area contributed by atoms with Crippen LogP contribution in [0.2, 0.25) is 0 Å². The molecule has 0 saturated carbocycles. The Morgan fingerprint density at radius 2 is 1.65 bits per heavy atom. The van der Waals surface area contributed by atoms with Gasteiger partial charge in [0.25, 0.3) is 0 Å². The number of hydrogen-bond acceptors (Lipinski definition) is 4. The number of ether oxygens (including phenoxy) is 1. The highest BCUT2D eigenvalue weighted by atomic mass is 17.1. The molecule has 0 aliphatic carbocycles. The highest BCUT2D eigenvalue weighted by Crippen LogP contribution is 2.11. The Morgan fingerprint density at radius 3 is 2.35 bits per heavy atom. The van der Waals surface area contributed by atoms with Crippen LogP contribution in [0.3, 0.4) is 0 Å². The van der Waals surface area contributed by atoms with Crippen molar-refractivity contribution in [3.05, 3.63) is 24.0 Å². The second kappa shape index (κ2) is 17.1. The van der Waals surface area contributed by atoms with Crippen molar-refractivity contribution in [2.45, 2.75) is 84.0 Å². The van der Waals surface area contributed by atoms with E-state index in [0.29, 0.717) is 12.2 Å². The third-order valence-corrected chi connectivity index (χ3v) is 3.77. The maximum absolute atomic E-state index is 10.9. The summed E-state index contributed by atoms with van der Waals surface area (Å²) in [5, 5.41) is 8.80. The van der Waals surface area contributed by atoms with Gasteiger partial charge in [0.15, 0.2) is 0 Å². The first-order valence-electron chi connectivity index (χ1n) is 8.96. The normalized spacial score (nSPS) is 11.9. The Balaban J connectivity index is 3.50. The van der Waals surface area contributed by atoms with Gasteiger partial charge in [-0.15, -0.1) is 0 Å². The molecule has 0 radical (unpaired) electrons. The molecule has 0 bridgehead atoms. The van der Waals surface area contributed by atoms with E-state index in [-0.39, 0.29) is 5.97 Å². The van der Waals surface area contributed by atoms with Crippen LogP contribution in [-0.4, -0.2) is 18.3 Å². The van der Waals surface area contributed by atoms with Gasteiger partial charge in [0, 0.05) is 12.8 Å². The van der Waals surface area contributed by atoms with E-state index in [4.69, 9.17) is 5.26 Å². The third-order valence-electron chi connectivity index (χ3n) is 3.77. The summed E-state index contributed by atoms with van der Waals surface area (Å²) in [5.41, 5.74) is 0. The summed E-state index contributed by atoms with van der Waals surface area (Å²) < 4.78 is 4.61. The number of methoxy groups -OCH3 is 1. The lowest BCUT2D eigenvalue weighted by Crippen LogP contribution is -1.98. The van der Waals surface area contributed by atoms with Gasteiger partial charge in [-0.05, 0) is 38.2 Å². The molecule has 4 nitrogen and oxygen atoms in total. The molecular formula is C19H34O4. The molecule has 0 heterocycles. The minimum atomic E-state index is -0.109. The van der Waals surface area contributed by atoms with Gasteiger partial charge in [-0.1, -0.05) is 51.2 Å². The summed E-state index contributed by atoms with van der Waals surface area (Å²) in [6.07, 6.45) is 18.4. The first kappa shape index (κ1) is 21.7. The van der Waals surface area contributed by atoms with Gasteiger partial charge in [-0.2, -0.15) is 0 Å². The molecule has 0 fully saturated rings. The molecule has 0 aromatic carbocycles. The van der Waals surface area contributed by atoms with E-state index >= 15 is 0 Å². The zero-order chi connectivity index (χ0) is 17.2.